The Labute approximate surface area is 141 Å². The monoisotopic (exact) mass is 336 g/mol. The first kappa shape index (κ1) is 17.5. The van der Waals surface area contributed by atoms with E-state index < -0.39 is 0 Å². The van der Waals surface area contributed by atoms with Crippen LogP contribution in [-0.2, 0) is 19.4 Å². The van der Waals surface area contributed by atoms with Gasteiger partial charge >= 0.3 is 5.15 Å². The van der Waals surface area contributed by atoms with Gasteiger partial charge in [-0.05, 0) is 23.1 Å². The second-order valence-electron chi connectivity index (χ2n) is 5.74. The predicted molar refractivity (Wildman–Crippen MR) is 88.3 cm³/mol. The first-order valence-corrected chi connectivity index (χ1v) is 7.99. The molecule has 1 aromatic heterocycles. The van der Waals surface area contributed by atoms with Gasteiger partial charge in [0.25, 0.3) is 11.6 Å². The van der Waals surface area contributed by atoms with E-state index in [2.05, 4.69) is 4.98 Å². The van der Waals surface area contributed by atoms with Crippen LogP contribution in [0, 0.1) is 11.1 Å². The van der Waals surface area contributed by atoms with Crippen LogP contribution < -0.4 is 9.47 Å². The van der Waals surface area contributed by atoms with E-state index >= 15 is 0 Å². The average Bonchev–Trinajstić information content (AvgIpc) is 2.54. The maximum Gasteiger partial charge on any atom is 0.308 e. The zero-order chi connectivity index (χ0) is 16.8. The van der Waals surface area contributed by atoms with E-state index in [4.69, 9.17) is 21.4 Å². The van der Waals surface area contributed by atoms with Gasteiger partial charge in [0, 0.05) is 19.4 Å². The summed E-state index contributed by atoms with van der Waals surface area (Å²) >= 11 is 6.07. The molecule has 1 aromatic carbocycles. The quantitative estimate of drug-likeness (QED) is 0.623. The van der Waals surface area contributed by atoms with Gasteiger partial charge in [-0.2, -0.15) is 4.73 Å². The molecule has 0 atom stereocenters. The van der Waals surface area contributed by atoms with Crippen LogP contribution in [0.2, 0.25) is 5.15 Å². The SMILES string of the molecule is CC(C)Cc1c(OCc2ccccc2)nc(CCO)c(Cl)[n+]1[O-]. The van der Waals surface area contributed by atoms with E-state index in [1.807, 2.05) is 44.2 Å². The summed E-state index contributed by atoms with van der Waals surface area (Å²) < 4.78 is 6.44. The molecule has 6 heteroatoms. The lowest BCUT2D eigenvalue weighted by molar-refractivity contribution is -0.613. The van der Waals surface area contributed by atoms with Crippen molar-refractivity contribution in [2.75, 3.05) is 6.61 Å². The number of halogens is 1. The van der Waals surface area contributed by atoms with Gasteiger partial charge in [-0.15, -0.1) is 0 Å². The molecule has 0 bridgehead atoms. The van der Waals surface area contributed by atoms with Crippen LogP contribution >= 0.6 is 11.6 Å². The molecule has 0 aliphatic carbocycles. The number of benzene rings is 1. The Hall–Kier alpha value is -1.85. The van der Waals surface area contributed by atoms with E-state index in [-0.39, 0.29) is 30.0 Å². The molecule has 2 rings (SSSR count). The lowest BCUT2D eigenvalue weighted by Crippen LogP contribution is -2.37. The van der Waals surface area contributed by atoms with Crippen LogP contribution in [0.15, 0.2) is 30.3 Å². The van der Waals surface area contributed by atoms with Crippen molar-refractivity contribution in [3.05, 3.63) is 57.6 Å². The maximum atomic E-state index is 12.4. The zero-order valence-corrected chi connectivity index (χ0v) is 14.1. The topological polar surface area (TPSA) is 69.3 Å². The number of aromatic nitrogens is 2. The molecule has 0 saturated carbocycles. The van der Waals surface area contributed by atoms with Gasteiger partial charge in [-0.25, -0.2) is 4.98 Å². The van der Waals surface area contributed by atoms with Crippen molar-refractivity contribution in [3.8, 4) is 5.88 Å². The summed E-state index contributed by atoms with van der Waals surface area (Å²) in [4.78, 5) is 4.36. The molecule has 0 unspecified atom stereocenters. The van der Waals surface area contributed by atoms with Gasteiger partial charge in [-0.1, -0.05) is 44.2 Å². The van der Waals surface area contributed by atoms with Gasteiger partial charge < -0.3 is 15.1 Å². The highest BCUT2D eigenvalue weighted by Gasteiger charge is 2.24. The number of aliphatic hydroxyl groups excluding tert-OH is 1. The average molecular weight is 337 g/mol. The molecule has 124 valence electrons. The van der Waals surface area contributed by atoms with Crippen molar-refractivity contribution < 1.29 is 14.6 Å². The Morgan fingerprint density at radius 1 is 1.30 bits per heavy atom. The summed E-state index contributed by atoms with van der Waals surface area (Å²) in [7, 11) is 0. The van der Waals surface area contributed by atoms with Gasteiger partial charge in [0.15, 0.2) is 0 Å². The second-order valence-corrected chi connectivity index (χ2v) is 6.10. The van der Waals surface area contributed by atoms with Gasteiger partial charge in [0.1, 0.15) is 12.3 Å². The molecule has 1 heterocycles. The smallest absolute Gasteiger partial charge is 0.308 e. The van der Waals surface area contributed by atoms with Crippen LogP contribution in [0.3, 0.4) is 0 Å². The van der Waals surface area contributed by atoms with Gasteiger partial charge in [-0.3, -0.25) is 0 Å². The van der Waals surface area contributed by atoms with Crippen LogP contribution in [0.25, 0.3) is 0 Å². The minimum Gasteiger partial charge on any atom is -0.617 e. The van der Waals surface area contributed by atoms with E-state index in [9.17, 15) is 5.21 Å². The fourth-order valence-electron chi connectivity index (χ4n) is 2.22. The molecule has 5 nitrogen and oxygen atoms in total. The zero-order valence-electron chi connectivity index (χ0n) is 13.3. The Balaban J connectivity index is 2.33. The molecule has 2 aromatic rings. The summed E-state index contributed by atoms with van der Waals surface area (Å²) in [6.45, 7) is 4.21. The first-order chi connectivity index (χ1) is 11.0. The standard InChI is InChI=1S/C17H21ClN2O3/c1-12(2)10-15-17(23-11-13-6-4-3-5-7-13)19-14(8-9-21)16(18)20(15)22/h3-7,12,21H,8-11H2,1-2H3. The molecule has 1 N–H and O–H groups in total. The maximum absolute atomic E-state index is 12.4. The van der Waals surface area contributed by atoms with E-state index in [1.54, 1.807) is 0 Å². The Kier molecular flexibility index (Phi) is 6.19. The third-order valence-corrected chi connectivity index (χ3v) is 3.69. The van der Waals surface area contributed by atoms with Crippen molar-refractivity contribution in [2.45, 2.75) is 33.3 Å². The minimum atomic E-state index is -0.131. The van der Waals surface area contributed by atoms with Crippen LogP contribution in [-0.4, -0.2) is 16.7 Å². The number of ether oxygens (including phenoxy) is 1. The molecule has 23 heavy (non-hydrogen) atoms. The Morgan fingerprint density at radius 2 is 2.00 bits per heavy atom. The molecule has 0 radical (unpaired) electrons. The summed E-state index contributed by atoms with van der Waals surface area (Å²) in [6.07, 6.45) is 0.727. The highest BCUT2D eigenvalue weighted by Crippen LogP contribution is 2.22. The highest BCUT2D eigenvalue weighted by atomic mass is 35.5. The number of rotatable bonds is 7. The number of hydrogen-bond donors (Lipinski definition) is 1. The lowest BCUT2D eigenvalue weighted by atomic mass is 10.1. The first-order valence-electron chi connectivity index (χ1n) is 7.61. The van der Waals surface area contributed by atoms with Crippen LogP contribution in [0.5, 0.6) is 5.88 Å². The van der Waals surface area contributed by atoms with Crippen molar-refractivity contribution in [1.29, 1.82) is 0 Å². The highest BCUT2D eigenvalue weighted by molar-refractivity contribution is 6.29. The minimum absolute atomic E-state index is 0.00163. The summed E-state index contributed by atoms with van der Waals surface area (Å²) in [5.41, 5.74) is 1.75. The number of hydrogen-bond acceptors (Lipinski definition) is 4. The van der Waals surface area contributed by atoms with Crippen LogP contribution in [0.1, 0.15) is 30.8 Å². The molecule has 0 saturated heterocycles. The van der Waals surface area contributed by atoms with Gasteiger partial charge in [0.05, 0.1) is 0 Å². The van der Waals surface area contributed by atoms with E-state index in [1.165, 1.54) is 0 Å². The largest absolute Gasteiger partial charge is 0.617 e. The van der Waals surface area contributed by atoms with E-state index in [0.717, 1.165) is 5.56 Å². The molecule has 0 spiro atoms. The predicted octanol–water partition coefficient (Wildman–Crippen LogP) is 2.68. The molecule has 0 fully saturated rings. The van der Waals surface area contributed by atoms with Crippen molar-refractivity contribution in [1.82, 2.24) is 4.98 Å². The molecule has 0 aliphatic heterocycles. The van der Waals surface area contributed by atoms with Gasteiger partial charge in [0.2, 0.25) is 0 Å². The molecule has 0 aliphatic rings. The third-order valence-electron chi connectivity index (χ3n) is 3.31. The summed E-state index contributed by atoms with van der Waals surface area (Å²) in [5.74, 6) is 0.543. The molecular weight excluding hydrogens is 316 g/mol. The van der Waals surface area contributed by atoms with Crippen LogP contribution in [0.4, 0.5) is 0 Å². The van der Waals surface area contributed by atoms with Crippen molar-refractivity contribution in [3.63, 3.8) is 0 Å². The fraction of sp³-hybridized carbons (Fsp3) is 0.412. The lowest BCUT2D eigenvalue weighted by Gasteiger charge is -2.15. The normalized spacial score (nSPS) is 11.0. The second kappa shape index (κ2) is 8.13. The molecular formula is C17H21ClN2O3. The number of nitrogens with zero attached hydrogens (tertiary/aromatic N) is 2. The number of aliphatic hydroxyl groups is 1. The Morgan fingerprint density at radius 3 is 2.61 bits per heavy atom. The summed E-state index contributed by atoms with van der Waals surface area (Å²) in [5, 5.41) is 21.5. The van der Waals surface area contributed by atoms with E-state index in [0.29, 0.717) is 29.1 Å². The Bertz CT molecular complexity index is 648. The fourth-order valence-corrected chi connectivity index (χ4v) is 2.46. The van der Waals surface area contributed by atoms with Crippen molar-refractivity contribution in [2.24, 2.45) is 5.92 Å². The third kappa shape index (κ3) is 4.56. The molecule has 0 amide bonds. The summed E-state index contributed by atoms with van der Waals surface area (Å²) in [6, 6.07) is 9.66. The van der Waals surface area contributed by atoms with Crippen molar-refractivity contribution >= 4 is 11.6 Å².